The molecule has 0 aromatic heterocycles. The number of aryl methyl sites for hydroxylation is 1. The maximum absolute atomic E-state index is 9.33. The van der Waals surface area contributed by atoms with Gasteiger partial charge in [0, 0.05) is 16.7 Å². The molecule has 0 amide bonds. The highest BCUT2D eigenvalue weighted by Crippen LogP contribution is 2.26. The first-order valence-corrected chi connectivity index (χ1v) is 6.71. The standard InChI is InChI=1S/C14H13BrClNO/c1-9-2-3-10(6-12(9)15)8-17-11-4-5-14(18)13(16)7-11/h2-7,17-18H,8H2,1H3. The first-order valence-electron chi connectivity index (χ1n) is 5.53. The Hall–Kier alpha value is -1.19. The largest absolute Gasteiger partial charge is 0.506 e. The van der Waals surface area contributed by atoms with Gasteiger partial charge in [-0.05, 0) is 42.3 Å². The Bertz CT molecular complexity index is 520. The Morgan fingerprint density at radius 2 is 2.00 bits per heavy atom. The fourth-order valence-electron chi connectivity index (χ4n) is 1.57. The number of hydrogen-bond acceptors (Lipinski definition) is 2. The zero-order valence-electron chi connectivity index (χ0n) is 9.87. The summed E-state index contributed by atoms with van der Waals surface area (Å²) in [4.78, 5) is 0. The van der Waals surface area contributed by atoms with E-state index in [0.29, 0.717) is 11.6 Å². The van der Waals surface area contributed by atoms with Crippen molar-refractivity contribution in [2.45, 2.75) is 13.5 Å². The predicted molar refractivity (Wildman–Crippen MR) is 79.3 cm³/mol. The summed E-state index contributed by atoms with van der Waals surface area (Å²) in [5.74, 6) is 0.0975. The Morgan fingerprint density at radius 3 is 2.67 bits per heavy atom. The van der Waals surface area contributed by atoms with E-state index in [1.807, 2.05) is 0 Å². The molecule has 2 rings (SSSR count). The highest BCUT2D eigenvalue weighted by molar-refractivity contribution is 9.10. The second kappa shape index (κ2) is 5.63. The Balaban J connectivity index is 2.06. The van der Waals surface area contributed by atoms with Crippen LogP contribution >= 0.6 is 27.5 Å². The van der Waals surface area contributed by atoms with Crippen molar-refractivity contribution in [1.29, 1.82) is 0 Å². The van der Waals surface area contributed by atoms with Gasteiger partial charge in [-0.3, -0.25) is 0 Å². The van der Waals surface area contributed by atoms with Gasteiger partial charge in [-0.25, -0.2) is 0 Å². The van der Waals surface area contributed by atoms with Crippen molar-refractivity contribution in [3.8, 4) is 5.75 Å². The topological polar surface area (TPSA) is 32.3 Å². The summed E-state index contributed by atoms with van der Waals surface area (Å²) in [5, 5.41) is 12.9. The van der Waals surface area contributed by atoms with Crippen molar-refractivity contribution in [3.63, 3.8) is 0 Å². The van der Waals surface area contributed by atoms with Crippen LogP contribution in [0.25, 0.3) is 0 Å². The minimum Gasteiger partial charge on any atom is -0.506 e. The average molecular weight is 327 g/mol. The third-order valence-corrected chi connectivity index (χ3v) is 3.84. The molecule has 0 heterocycles. The zero-order valence-corrected chi connectivity index (χ0v) is 12.2. The fourth-order valence-corrected chi connectivity index (χ4v) is 2.17. The molecule has 0 radical (unpaired) electrons. The number of hydrogen-bond donors (Lipinski definition) is 2. The smallest absolute Gasteiger partial charge is 0.134 e. The molecule has 0 aliphatic heterocycles. The van der Waals surface area contributed by atoms with Gasteiger partial charge < -0.3 is 10.4 Å². The number of halogens is 2. The number of aromatic hydroxyl groups is 1. The van der Waals surface area contributed by atoms with Crippen LogP contribution in [0.1, 0.15) is 11.1 Å². The fraction of sp³-hybridized carbons (Fsp3) is 0.143. The van der Waals surface area contributed by atoms with E-state index in [4.69, 9.17) is 11.6 Å². The van der Waals surface area contributed by atoms with Gasteiger partial charge in [0.2, 0.25) is 0 Å². The van der Waals surface area contributed by atoms with Crippen LogP contribution in [0, 0.1) is 6.92 Å². The maximum atomic E-state index is 9.33. The molecule has 4 heteroatoms. The van der Waals surface area contributed by atoms with Gasteiger partial charge in [-0.2, -0.15) is 0 Å². The normalized spacial score (nSPS) is 10.4. The van der Waals surface area contributed by atoms with E-state index in [-0.39, 0.29) is 5.75 Å². The highest BCUT2D eigenvalue weighted by atomic mass is 79.9. The summed E-state index contributed by atoms with van der Waals surface area (Å²) in [6.07, 6.45) is 0. The molecule has 0 unspecified atom stereocenters. The SMILES string of the molecule is Cc1ccc(CNc2ccc(O)c(Cl)c2)cc1Br. The van der Waals surface area contributed by atoms with E-state index in [2.05, 4.69) is 46.4 Å². The molecule has 94 valence electrons. The van der Waals surface area contributed by atoms with E-state index in [1.165, 1.54) is 11.1 Å². The maximum Gasteiger partial charge on any atom is 0.134 e. The number of phenolic OH excluding ortho intramolecular Hbond substituents is 1. The van der Waals surface area contributed by atoms with Crippen molar-refractivity contribution < 1.29 is 5.11 Å². The molecule has 18 heavy (non-hydrogen) atoms. The zero-order chi connectivity index (χ0) is 13.1. The number of rotatable bonds is 3. The van der Waals surface area contributed by atoms with Crippen LogP contribution in [0.3, 0.4) is 0 Å². The summed E-state index contributed by atoms with van der Waals surface area (Å²) in [6.45, 7) is 2.76. The highest BCUT2D eigenvalue weighted by Gasteiger charge is 2.01. The molecular weight excluding hydrogens is 314 g/mol. The summed E-state index contributed by atoms with van der Waals surface area (Å²) in [5.41, 5.74) is 3.28. The first kappa shape index (κ1) is 13.2. The second-order valence-corrected chi connectivity index (χ2v) is 5.36. The Morgan fingerprint density at radius 1 is 1.22 bits per heavy atom. The van der Waals surface area contributed by atoms with E-state index in [9.17, 15) is 5.11 Å². The van der Waals surface area contributed by atoms with Crippen LogP contribution < -0.4 is 5.32 Å². The van der Waals surface area contributed by atoms with Gasteiger partial charge in [-0.1, -0.05) is 39.7 Å². The van der Waals surface area contributed by atoms with Crippen LogP contribution in [0.15, 0.2) is 40.9 Å². The average Bonchev–Trinajstić information content (AvgIpc) is 2.35. The summed E-state index contributed by atoms with van der Waals surface area (Å²) < 4.78 is 1.10. The third-order valence-electron chi connectivity index (χ3n) is 2.68. The van der Waals surface area contributed by atoms with Crippen LogP contribution in [0.5, 0.6) is 5.75 Å². The molecule has 0 saturated carbocycles. The molecule has 2 N–H and O–H groups in total. The van der Waals surface area contributed by atoms with Crippen LogP contribution in [0.2, 0.25) is 5.02 Å². The van der Waals surface area contributed by atoms with E-state index in [1.54, 1.807) is 18.2 Å². The van der Waals surface area contributed by atoms with E-state index in [0.717, 1.165) is 10.2 Å². The van der Waals surface area contributed by atoms with Gasteiger partial charge in [-0.15, -0.1) is 0 Å². The summed E-state index contributed by atoms with van der Waals surface area (Å²) in [7, 11) is 0. The first-order chi connectivity index (χ1) is 8.56. The lowest BCUT2D eigenvalue weighted by molar-refractivity contribution is 0.475. The minimum absolute atomic E-state index is 0.0975. The number of benzene rings is 2. The van der Waals surface area contributed by atoms with Gasteiger partial charge in [0.15, 0.2) is 0 Å². The Labute approximate surface area is 120 Å². The third kappa shape index (κ3) is 3.18. The van der Waals surface area contributed by atoms with Gasteiger partial charge in [0.05, 0.1) is 5.02 Å². The lowest BCUT2D eigenvalue weighted by atomic mass is 10.1. The van der Waals surface area contributed by atoms with Crippen LogP contribution in [-0.2, 0) is 6.54 Å². The Kier molecular flexibility index (Phi) is 4.15. The lowest BCUT2D eigenvalue weighted by Gasteiger charge is -2.08. The molecule has 2 aromatic rings. The van der Waals surface area contributed by atoms with Crippen molar-refractivity contribution in [2.24, 2.45) is 0 Å². The van der Waals surface area contributed by atoms with Crippen LogP contribution in [-0.4, -0.2) is 5.11 Å². The van der Waals surface area contributed by atoms with Gasteiger partial charge >= 0.3 is 0 Å². The predicted octanol–water partition coefficient (Wildman–Crippen LogP) is 4.73. The molecule has 0 saturated heterocycles. The van der Waals surface area contributed by atoms with Crippen molar-refractivity contribution >= 4 is 33.2 Å². The molecule has 2 aromatic carbocycles. The lowest BCUT2D eigenvalue weighted by Crippen LogP contribution is -1.99. The second-order valence-electron chi connectivity index (χ2n) is 4.10. The molecule has 0 spiro atoms. The van der Waals surface area contributed by atoms with Gasteiger partial charge in [0.1, 0.15) is 5.75 Å². The van der Waals surface area contributed by atoms with Crippen molar-refractivity contribution in [1.82, 2.24) is 0 Å². The summed E-state index contributed by atoms with van der Waals surface area (Å²) >= 11 is 9.36. The molecule has 0 fully saturated rings. The molecule has 0 atom stereocenters. The molecule has 0 bridgehead atoms. The molecular formula is C14H13BrClNO. The number of nitrogens with one attached hydrogen (secondary N) is 1. The quantitative estimate of drug-likeness (QED) is 0.799. The van der Waals surface area contributed by atoms with E-state index >= 15 is 0 Å². The van der Waals surface area contributed by atoms with Crippen molar-refractivity contribution in [2.75, 3.05) is 5.32 Å². The van der Waals surface area contributed by atoms with Crippen molar-refractivity contribution in [3.05, 3.63) is 57.0 Å². The molecule has 0 aliphatic rings. The monoisotopic (exact) mass is 325 g/mol. The minimum atomic E-state index is 0.0975. The number of anilines is 1. The van der Waals surface area contributed by atoms with Gasteiger partial charge in [0.25, 0.3) is 0 Å². The number of phenols is 1. The molecule has 2 nitrogen and oxygen atoms in total. The molecule has 0 aliphatic carbocycles. The van der Waals surface area contributed by atoms with Crippen LogP contribution in [0.4, 0.5) is 5.69 Å². The summed E-state index contributed by atoms with van der Waals surface area (Å²) in [6, 6.07) is 11.3. The van der Waals surface area contributed by atoms with E-state index < -0.39 is 0 Å².